The van der Waals surface area contributed by atoms with Gasteiger partial charge in [-0.3, -0.25) is 9.59 Å². The minimum Gasteiger partial charge on any atom is -0.456 e. The number of carbonyl (C=O) groups excluding carboxylic acids is 2. The molecule has 8 heteroatoms. The van der Waals surface area contributed by atoms with Crippen molar-refractivity contribution in [2.24, 2.45) is 0 Å². The van der Waals surface area contributed by atoms with Crippen LogP contribution in [0.3, 0.4) is 0 Å². The van der Waals surface area contributed by atoms with Gasteiger partial charge in [0.15, 0.2) is 6.61 Å². The fraction of sp³-hybridized carbons (Fsp3) is 0.391. The van der Waals surface area contributed by atoms with Gasteiger partial charge >= 0.3 is 5.97 Å². The van der Waals surface area contributed by atoms with Gasteiger partial charge in [-0.2, -0.15) is 4.31 Å². The molecule has 0 aromatic heterocycles. The second-order valence-corrected chi connectivity index (χ2v) is 9.46. The maximum Gasteiger partial charge on any atom is 0.306 e. The molecule has 0 spiro atoms. The van der Waals surface area contributed by atoms with Gasteiger partial charge in [-0.15, -0.1) is 0 Å². The lowest BCUT2D eigenvalue weighted by molar-refractivity contribution is -0.147. The first-order valence-corrected chi connectivity index (χ1v) is 12.0. The van der Waals surface area contributed by atoms with Crippen LogP contribution in [0, 0.1) is 0 Å². The zero-order chi connectivity index (χ0) is 22.3. The molecule has 2 aromatic carbocycles. The van der Waals surface area contributed by atoms with Crippen LogP contribution in [0.4, 0.5) is 5.69 Å². The highest BCUT2D eigenvalue weighted by Crippen LogP contribution is 2.21. The molecule has 1 fully saturated rings. The normalized spacial score (nSPS) is 14.4. The van der Waals surface area contributed by atoms with Crippen molar-refractivity contribution in [3.05, 3.63) is 59.7 Å². The summed E-state index contributed by atoms with van der Waals surface area (Å²) >= 11 is 0. The Morgan fingerprint density at radius 2 is 1.74 bits per heavy atom. The molecular formula is C23H28N2O5S. The zero-order valence-corrected chi connectivity index (χ0v) is 18.5. The number of anilines is 1. The molecule has 1 heterocycles. The number of nitrogens with one attached hydrogen (secondary N) is 1. The van der Waals surface area contributed by atoms with Crippen molar-refractivity contribution in [3.63, 3.8) is 0 Å². The lowest BCUT2D eigenvalue weighted by Crippen LogP contribution is -2.27. The fourth-order valence-electron chi connectivity index (χ4n) is 3.44. The first-order chi connectivity index (χ1) is 14.9. The lowest BCUT2D eigenvalue weighted by atomic mass is 10.1. The van der Waals surface area contributed by atoms with E-state index in [-0.39, 0.29) is 17.9 Å². The summed E-state index contributed by atoms with van der Waals surface area (Å²) < 4.78 is 31.6. The monoisotopic (exact) mass is 444 g/mol. The second-order valence-electron chi connectivity index (χ2n) is 7.52. The number of rotatable bonds is 9. The molecule has 0 saturated carbocycles. The lowest BCUT2D eigenvalue weighted by Gasteiger charge is -2.15. The van der Waals surface area contributed by atoms with Crippen LogP contribution in [0.15, 0.2) is 53.4 Å². The molecule has 31 heavy (non-hydrogen) atoms. The minimum absolute atomic E-state index is 0.108. The Hall–Kier alpha value is -2.71. The van der Waals surface area contributed by atoms with Gasteiger partial charge in [0.1, 0.15) is 0 Å². The van der Waals surface area contributed by atoms with Gasteiger partial charge in [-0.25, -0.2) is 8.42 Å². The average molecular weight is 445 g/mol. The minimum atomic E-state index is -3.44. The summed E-state index contributed by atoms with van der Waals surface area (Å²) in [6.07, 6.45) is 3.16. The maximum absolute atomic E-state index is 12.5. The molecule has 0 bridgehead atoms. The predicted molar refractivity (Wildman–Crippen MR) is 118 cm³/mol. The summed E-state index contributed by atoms with van der Waals surface area (Å²) in [5.74, 6) is -0.871. The highest BCUT2D eigenvalue weighted by atomic mass is 32.2. The van der Waals surface area contributed by atoms with Crippen LogP contribution in [-0.2, 0) is 37.2 Å². The maximum atomic E-state index is 12.5. The first-order valence-electron chi connectivity index (χ1n) is 10.5. The molecule has 7 nitrogen and oxygen atoms in total. The van der Waals surface area contributed by atoms with Gasteiger partial charge in [0.25, 0.3) is 5.91 Å². The zero-order valence-electron chi connectivity index (χ0n) is 17.7. The number of carbonyl (C=O) groups is 2. The number of amides is 1. The fourth-order valence-corrected chi connectivity index (χ4v) is 4.95. The average Bonchev–Trinajstić information content (AvgIpc) is 3.32. The quantitative estimate of drug-likeness (QED) is 0.600. The van der Waals surface area contributed by atoms with Crippen molar-refractivity contribution in [1.29, 1.82) is 0 Å². The second kappa shape index (κ2) is 10.5. The van der Waals surface area contributed by atoms with Gasteiger partial charge in [0.2, 0.25) is 10.0 Å². The molecule has 0 aliphatic carbocycles. The number of aryl methyl sites for hydroxylation is 2. The summed E-state index contributed by atoms with van der Waals surface area (Å²) in [5, 5.41) is 2.71. The third kappa shape index (κ3) is 6.38. The van der Waals surface area contributed by atoms with Crippen LogP contribution in [0.2, 0.25) is 0 Å². The number of hydrogen-bond donors (Lipinski definition) is 1. The van der Waals surface area contributed by atoms with Gasteiger partial charge in [-0.1, -0.05) is 31.2 Å². The number of sulfonamides is 1. The Kier molecular flexibility index (Phi) is 7.81. The summed E-state index contributed by atoms with van der Waals surface area (Å²) in [5.41, 5.74) is 2.61. The highest BCUT2D eigenvalue weighted by Gasteiger charge is 2.26. The Bertz CT molecular complexity index is 1010. The Balaban J connectivity index is 1.43. The Morgan fingerprint density at radius 1 is 1.03 bits per heavy atom. The van der Waals surface area contributed by atoms with E-state index in [0.717, 1.165) is 30.4 Å². The van der Waals surface area contributed by atoms with E-state index >= 15 is 0 Å². The third-order valence-corrected chi connectivity index (χ3v) is 7.14. The summed E-state index contributed by atoms with van der Waals surface area (Å²) in [6.45, 7) is 2.81. The van der Waals surface area contributed by atoms with Crippen LogP contribution in [0.25, 0.3) is 0 Å². The van der Waals surface area contributed by atoms with Crippen LogP contribution in [0.5, 0.6) is 0 Å². The van der Waals surface area contributed by atoms with Crippen molar-refractivity contribution in [3.8, 4) is 0 Å². The Morgan fingerprint density at radius 3 is 2.42 bits per heavy atom. The van der Waals surface area contributed by atoms with E-state index in [4.69, 9.17) is 4.74 Å². The molecule has 2 aromatic rings. The Labute approximate surface area is 183 Å². The van der Waals surface area contributed by atoms with Gasteiger partial charge in [0, 0.05) is 25.2 Å². The van der Waals surface area contributed by atoms with Crippen LogP contribution >= 0.6 is 0 Å². The van der Waals surface area contributed by atoms with Crippen LogP contribution in [0.1, 0.15) is 37.3 Å². The molecule has 3 rings (SSSR count). The van der Waals surface area contributed by atoms with E-state index < -0.39 is 21.9 Å². The van der Waals surface area contributed by atoms with E-state index in [1.165, 1.54) is 4.31 Å². The molecule has 1 amide bonds. The van der Waals surface area contributed by atoms with Crippen molar-refractivity contribution in [2.75, 3.05) is 25.0 Å². The number of benzene rings is 2. The van der Waals surface area contributed by atoms with Crippen molar-refractivity contribution >= 4 is 27.6 Å². The molecule has 0 atom stereocenters. The van der Waals surface area contributed by atoms with Gasteiger partial charge in [-0.05, 0) is 61.1 Å². The third-order valence-electron chi connectivity index (χ3n) is 5.23. The largest absolute Gasteiger partial charge is 0.456 e. The van der Waals surface area contributed by atoms with Crippen LogP contribution < -0.4 is 5.32 Å². The molecule has 1 saturated heterocycles. The first kappa shape index (κ1) is 23.0. The molecule has 1 aliphatic rings. The van der Waals surface area contributed by atoms with E-state index in [0.29, 0.717) is 25.2 Å². The van der Waals surface area contributed by atoms with Crippen molar-refractivity contribution in [2.45, 2.75) is 43.9 Å². The SMILES string of the molecule is CCc1cccc(NC(=O)COC(=O)CCc2ccc(S(=O)(=O)N3CCCC3)cc2)c1. The number of ether oxygens (including phenoxy) is 1. The number of hydrogen-bond acceptors (Lipinski definition) is 5. The summed E-state index contributed by atoms with van der Waals surface area (Å²) in [7, 11) is -3.44. The summed E-state index contributed by atoms with van der Waals surface area (Å²) in [6, 6.07) is 14.1. The number of esters is 1. The van der Waals surface area contributed by atoms with Crippen molar-refractivity contribution < 1.29 is 22.7 Å². The number of nitrogens with zero attached hydrogens (tertiary/aromatic N) is 1. The van der Waals surface area contributed by atoms with Gasteiger partial charge < -0.3 is 10.1 Å². The highest BCUT2D eigenvalue weighted by molar-refractivity contribution is 7.89. The van der Waals surface area contributed by atoms with E-state index in [1.807, 2.05) is 25.1 Å². The van der Waals surface area contributed by atoms with E-state index in [2.05, 4.69) is 5.32 Å². The molecule has 0 unspecified atom stereocenters. The molecule has 1 aliphatic heterocycles. The molecule has 1 N–H and O–H groups in total. The van der Waals surface area contributed by atoms with E-state index in [9.17, 15) is 18.0 Å². The topological polar surface area (TPSA) is 92.8 Å². The van der Waals surface area contributed by atoms with Gasteiger partial charge in [0.05, 0.1) is 4.90 Å². The molecule has 0 radical (unpaired) electrons. The van der Waals surface area contributed by atoms with Crippen molar-refractivity contribution in [1.82, 2.24) is 4.31 Å². The smallest absolute Gasteiger partial charge is 0.306 e. The van der Waals surface area contributed by atoms with E-state index in [1.54, 1.807) is 30.3 Å². The summed E-state index contributed by atoms with van der Waals surface area (Å²) in [4.78, 5) is 24.2. The van der Waals surface area contributed by atoms with Crippen LogP contribution in [-0.4, -0.2) is 44.3 Å². The predicted octanol–water partition coefficient (Wildman–Crippen LogP) is 3.15. The molecular weight excluding hydrogens is 416 g/mol. The molecule has 166 valence electrons. The standard InChI is InChI=1S/C23H28N2O5S/c1-2-18-6-5-7-20(16-18)24-22(26)17-30-23(27)13-10-19-8-11-21(12-9-19)31(28,29)25-14-3-4-15-25/h5-9,11-12,16H,2-4,10,13-15,17H2,1H3,(H,24,26).